The number of hydrogen-bond donors (Lipinski definition) is 0. The number of pyridine rings is 1. The van der Waals surface area contributed by atoms with Gasteiger partial charge in [0.25, 0.3) is 0 Å². The highest BCUT2D eigenvalue weighted by atomic mass is 16.1. The molecule has 92 valence electrons. The maximum Gasteiger partial charge on any atom is 0.163 e. The maximum absolute atomic E-state index is 11.5. The Kier molecular flexibility index (Phi) is 2.89. The van der Waals surface area contributed by atoms with Gasteiger partial charge >= 0.3 is 0 Å². The Morgan fingerprint density at radius 1 is 1.11 bits per heavy atom. The summed E-state index contributed by atoms with van der Waals surface area (Å²) in [6.45, 7) is 1.95. The number of hydrogen-bond acceptors (Lipinski definition) is 2. The first-order valence-electron chi connectivity index (χ1n) is 6.34. The van der Waals surface area contributed by atoms with Gasteiger partial charge in [-0.05, 0) is 55.2 Å². The van der Waals surface area contributed by atoms with Gasteiger partial charge in [-0.25, -0.2) is 4.98 Å². The Hall–Kier alpha value is -2.40. The van der Waals surface area contributed by atoms with Crippen molar-refractivity contribution in [3.05, 3.63) is 64.5 Å². The third kappa shape index (κ3) is 2.41. The number of fused-ring (bicyclic) bond motifs is 1. The fraction of sp³-hybridized carbons (Fsp3) is 0.176. The summed E-state index contributed by atoms with van der Waals surface area (Å²) >= 11 is 0. The van der Waals surface area contributed by atoms with Crippen molar-refractivity contribution in [3.8, 4) is 11.8 Å². The third-order valence-electron chi connectivity index (χ3n) is 3.25. The predicted octanol–water partition coefficient (Wildman–Crippen LogP) is 2.92. The molecule has 0 saturated carbocycles. The SMILES string of the molecule is Cc1cccc(C#Cc2ccc3c(c2)CCC3=O)n1. The lowest BCUT2D eigenvalue weighted by Crippen LogP contribution is -1.91. The Morgan fingerprint density at radius 2 is 2.00 bits per heavy atom. The molecule has 0 amide bonds. The molecule has 0 atom stereocenters. The van der Waals surface area contributed by atoms with Crippen LogP contribution in [0.25, 0.3) is 0 Å². The summed E-state index contributed by atoms with van der Waals surface area (Å²) in [5.74, 6) is 6.41. The molecule has 0 bridgehead atoms. The molecule has 0 saturated heterocycles. The molecule has 2 aromatic rings. The number of ketones is 1. The first kappa shape index (κ1) is 11.7. The summed E-state index contributed by atoms with van der Waals surface area (Å²) in [5, 5.41) is 0. The van der Waals surface area contributed by atoms with Crippen molar-refractivity contribution in [3.63, 3.8) is 0 Å². The Balaban J connectivity index is 1.91. The molecular formula is C17H13NO. The van der Waals surface area contributed by atoms with E-state index in [0.717, 1.165) is 34.5 Å². The number of aryl methyl sites for hydroxylation is 2. The highest BCUT2D eigenvalue weighted by Crippen LogP contribution is 2.22. The van der Waals surface area contributed by atoms with Crippen LogP contribution >= 0.6 is 0 Å². The second kappa shape index (κ2) is 4.70. The maximum atomic E-state index is 11.5. The molecule has 1 heterocycles. The largest absolute Gasteiger partial charge is 0.294 e. The Morgan fingerprint density at radius 3 is 2.84 bits per heavy atom. The van der Waals surface area contributed by atoms with Crippen LogP contribution in [0.4, 0.5) is 0 Å². The minimum Gasteiger partial charge on any atom is -0.294 e. The second-order valence-electron chi connectivity index (χ2n) is 4.71. The number of rotatable bonds is 0. The molecule has 2 nitrogen and oxygen atoms in total. The molecule has 1 aromatic heterocycles. The van der Waals surface area contributed by atoms with Gasteiger partial charge in [0.1, 0.15) is 5.69 Å². The first-order chi connectivity index (χ1) is 9.22. The molecule has 0 fully saturated rings. The summed E-state index contributed by atoms with van der Waals surface area (Å²) in [7, 11) is 0. The summed E-state index contributed by atoms with van der Waals surface area (Å²) in [6.07, 6.45) is 1.47. The van der Waals surface area contributed by atoms with Gasteiger partial charge in [-0.3, -0.25) is 4.79 Å². The lowest BCUT2D eigenvalue weighted by Gasteiger charge is -1.97. The quantitative estimate of drug-likeness (QED) is 0.670. The summed E-state index contributed by atoms with van der Waals surface area (Å²) < 4.78 is 0. The van der Waals surface area contributed by atoms with Gasteiger partial charge in [0.2, 0.25) is 0 Å². The van der Waals surface area contributed by atoms with Crippen LogP contribution in [0.2, 0.25) is 0 Å². The monoisotopic (exact) mass is 247 g/mol. The van der Waals surface area contributed by atoms with Crippen molar-refractivity contribution in [1.29, 1.82) is 0 Å². The standard InChI is InChI=1S/C17H13NO/c1-12-3-2-4-15(18-12)8-5-13-6-9-16-14(11-13)7-10-17(16)19/h2-4,6,9,11H,7,10H2,1H3. The fourth-order valence-corrected chi connectivity index (χ4v) is 2.28. The molecule has 1 aliphatic rings. The fourth-order valence-electron chi connectivity index (χ4n) is 2.28. The van der Waals surface area contributed by atoms with Gasteiger partial charge in [-0.1, -0.05) is 12.0 Å². The van der Waals surface area contributed by atoms with Crippen LogP contribution in [0.3, 0.4) is 0 Å². The third-order valence-corrected chi connectivity index (χ3v) is 3.25. The second-order valence-corrected chi connectivity index (χ2v) is 4.71. The molecule has 0 spiro atoms. The van der Waals surface area contributed by atoms with E-state index in [0.29, 0.717) is 6.42 Å². The number of aromatic nitrogens is 1. The van der Waals surface area contributed by atoms with Crippen molar-refractivity contribution in [2.75, 3.05) is 0 Å². The van der Waals surface area contributed by atoms with Gasteiger partial charge in [0.05, 0.1) is 0 Å². The average Bonchev–Trinajstić information content (AvgIpc) is 2.78. The minimum absolute atomic E-state index is 0.245. The summed E-state index contributed by atoms with van der Waals surface area (Å²) in [4.78, 5) is 15.9. The Bertz CT molecular complexity index is 720. The summed E-state index contributed by atoms with van der Waals surface area (Å²) in [5.41, 5.74) is 4.66. The molecule has 1 aliphatic carbocycles. The molecule has 1 aromatic carbocycles. The molecule has 0 N–H and O–H groups in total. The van der Waals surface area contributed by atoms with E-state index in [1.165, 1.54) is 0 Å². The lowest BCUT2D eigenvalue weighted by molar-refractivity contribution is 0.0994. The van der Waals surface area contributed by atoms with E-state index in [4.69, 9.17) is 0 Å². The smallest absolute Gasteiger partial charge is 0.163 e. The molecule has 19 heavy (non-hydrogen) atoms. The van der Waals surface area contributed by atoms with E-state index < -0.39 is 0 Å². The van der Waals surface area contributed by atoms with Crippen molar-refractivity contribution in [1.82, 2.24) is 4.98 Å². The van der Waals surface area contributed by atoms with Crippen LogP contribution < -0.4 is 0 Å². The van der Waals surface area contributed by atoms with Crippen LogP contribution in [0.5, 0.6) is 0 Å². The number of carbonyl (C=O) groups is 1. The van der Waals surface area contributed by atoms with Crippen LogP contribution in [0, 0.1) is 18.8 Å². The highest BCUT2D eigenvalue weighted by molar-refractivity contribution is 6.00. The van der Waals surface area contributed by atoms with Crippen molar-refractivity contribution >= 4 is 5.78 Å². The number of carbonyl (C=O) groups excluding carboxylic acids is 1. The summed E-state index contributed by atoms with van der Waals surface area (Å²) in [6, 6.07) is 11.6. The highest BCUT2D eigenvalue weighted by Gasteiger charge is 2.18. The molecule has 0 radical (unpaired) electrons. The Labute approximate surface area is 112 Å². The van der Waals surface area contributed by atoms with Crippen LogP contribution in [0.1, 0.15) is 39.3 Å². The van der Waals surface area contributed by atoms with Gasteiger partial charge in [-0.2, -0.15) is 0 Å². The first-order valence-corrected chi connectivity index (χ1v) is 6.34. The van der Waals surface area contributed by atoms with Crippen molar-refractivity contribution in [2.24, 2.45) is 0 Å². The van der Waals surface area contributed by atoms with Crippen molar-refractivity contribution < 1.29 is 4.79 Å². The van der Waals surface area contributed by atoms with Gasteiger partial charge < -0.3 is 0 Å². The van der Waals surface area contributed by atoms with Gasteiger partial charge in [0.15, 0.2) is 5.78 Å². The van der Waals surface area contributed by atoms with E-state index in [9.17, 15) is 4.79 Å². The number of benzene rings is 1. The molecule has 2 heteroatoms. The lowest BCUT2D eigenvalue weighted by atomic mass is 10.1. The van der Waals surface area contributed by atoms with Crippen LogP contribution in [-0.4, -0.2) is 10.8 Å². The van der Waals surface area contributed by atoms with Gasteiger partial charge in [-0.15, -0.1) is 0 Å². The zero-order chi connectivity index (χ0) is 13.2. The number of Topliss-reactive ketones (excluding diaryl/α,β-unsaturated/α-hetero) is 1. The van der Waals surface area contributed by atoms with E-state index >= 15 is 0 Å². The van der Waals surface area contributed by atoms with Gasteiger partial charge in [0, 0.05) is 23.2 Å². The van der Waals surface area contributed by atoms with E-state index in [-0.39, 0.29) is 5.78 Å². The van der Waals surface area contributed by atoms with E-state index in [1.807, 2.05) is 43.3 Å². The molecule has 3 rings (SSSR count). The zero-order valence-corrected chi connectivity index (χ0v) is 10.7. The molecule has 0 aliphatic heterocycles. The predicted molar refractivity (Wildman–Crippen MR) is 74.0 cm³/mol. The normalized spacial score (nSPS) is 12.8. The number of nitrogens with zero attached hydrogens (tertiary/aromatic N) is 1. The topological polar surface area (TPSA) is 30.0 Å². The van der Waals surface area contributed by atoms with Crippen molar-refractivity contribution in [2.45, 2.75) is 19.8 Å². The zero-order valence-electron chi connectivity index (χ0n) is 10.7. The molecular weight excluding hydrogens is 234 g/mol. The van der Waals surface area contributed by atoms with Crippen LogP contribution in [-0.2, 0) is 6.42 Å². The van der Waals surface area contributed by atoms with E-state index in [2.05, 4.69) is 16.8 Å². The average molecular weight is 247 g/mol. The van der Waals surface area contributed by atoms with Crippen LogP contribution in [0.15, 0.2) is 36.4 Å². The minimum atomic E-state index is 0.245. The molecule has 0 unspecified atom stereocenters. The van der Waals surface area contributed by atoms with E-state index in [1.54, 1.807) is 0 Å².